The van der Waals surface area contributed by atoms with Crippen LogP contribution in [0.15, 0.2) is 36.4 Å². The van der Waals surface area contributed by atoms with Crippen molar-refractivity contribution in [3.05, 3.63) is 42.2 Å². The molecular formula is C17H20FN3. The topological polar surface area (TPSA) is 28.2 Å². The molecule has 1 N–H and O–H groups in total. The van der Waals surface area contributed by atoms with E-state index in [0.29, 0.717) is 0 Å². The average Bonchev–Trinajstić information content (AvgIpc) is 3.30. The second-order valence-corrected chi connectivity index (χ2v) is 5.79. The Hall–Kier alpha value is -2.10. The van der Waals surface area contributed by atoms with Crippen molar-refractivity contribution in [1.29, 1.82) is 0 Å². The molecule has 0 radical (unpaired) electrons. The summed E-state index contributed by atoms with van der Waals surface area (Å²) in [6.07, 6.45) is 2.65. The molecule has 1 aromatic carbocycles. The fourth-order valence-corrected chi connectivity index (χ4v) is 2.28. The summed E-state index contributed by atoms with van der Waals surface area (Å²) in [5.74, 6) is 1.50. The van der Waals surface area contributed by atoms with E-state index in [0.717, 1.165) is 35.2 Å². The maximum absolute atomic E-state index is 13.0. The van der Waals surface area contributed by atoms with Crippen LogP contribution in [0.2, 0.25) is 0 Å². The zero-order valence-electron chi connectivity index (χ0n) is 12.4. The minimum atomic E-state index is -0.227. The standard InChI is InChI=1S/C17H20FN3/c1-21(2)17-16(19-11-12-3-4-12)10-9-15(20-17)13-5-7-14(18)8-6-13/h5-10,12,19H,3-4,11H2,1-2H3. The number of benzene rings is 1. The molecule has 2 aromatic rings. The average molecular weight is 285 g/mol. The maximum atomic E-state index is 13.0. The number of nitrogens with one attached hydrogen (secondary N) is 1. The van der Waals surface area contributed by atoms with Gasteiger partial charge < -0.3 is 10.2 Å². The third-order valence-electron chi connectivity index (χ3n) is 3.72. The Bertz CT molecular complexity index is 618. The van der Waals surface area contributed by atoms with Crippen molar-refractivity contribution >= 4 is 11.5 Å². The van der Waals surface area contributed by atoms with Crippen molar-refractivity contribution in [3.63, 3.8) is 0 Å². The van der Waals surface area contributed by atoms with Crippen molar-refractivity contribution in [2.24, 2.45) is 5.92 Å². The van der Waals surface area contributed by atoms with Crippen molar-refractivity contribution in [2.45, 2.75) is 12.8 Å². The van der Waals surface area contributed by atoms with Gasteiger partial charge in [-0.25, -0.2) is 9.37 Å². The summed E-state index contributed by atoms with van der Waals surface area (Å²) in [5, 5.41) is 3.48. The number of pyridine rings is 1. The highest BCUT2D eigenvalue weighted by Crippen LogP contribution is 2.31. The van der Waals surface area contributed by atoms with Gasteiger partial charge in [0.05, 0.1) is 11.4 Å². The lowest BCUT2D eigenvalue weighted by Crippen LogP contribution is -2.15. The molecule has 1 aromatic heterocycles. The first-order valence-corrected chi connectivity index (χ1v) is 7.31. The predicted octanol–water partition coefficient (Wildman–Crippen LogP) is 3.78. The van der Waals surface area contributed by atoms with Crippen LogP contribution in [-0.4, -0.2) is 25.6 Å². The van der Waals surface area contributed by atoms with E-state index in [-0.39, 0.29) is 5.82 Å². The Labute approximate surface area is 124 Å². The van der Waals surface area contributed by atoms with Crippen molar-refractivity contribution in [2.75, 3.05) is 30.9 Å². The second kappa shape index (κ2) is 5.72. The number of nitrogens with zero attached hydrogens (tertiary/aromatic N) is 2. The molecule has 0 amide bonds. The number of aromatic nitrogens is 1. The summed E-state index contributed by atoms with van der Waals surface area (Å²) in [5.41, 5.74) is 2.83. The number of anilines is 2. The molecule has 0 saturated heterocycles. The number of hydrogen-bond donors (Lipinski definition) is 1. The SMILES string of the molecule is CN(C)c1nc(-c2ccc(F)cc2)ccc1NCC1CC1. The molecule has 1 aliphatic carbocycles. The van der Waals surface area contributed by atoms with E-state index in [2.05, 4.69) is 11.4 Å². The molecular weight excluding hydrogens is 265 g/mol. The largest absolute Gasteiger partial charge is 0.382 e. The lowest BCUT2D eigenvalue weighted by atomic mass is 10.1. The molecule has 110 valence electrons. The number of hydrogen-bond acceptors (Lipinski definition) is 3. The third kappa shape index (κ3) is 3.32. The molecule has 1 saturated carbocycles. The molecule has 1 fully saturated rings. The smallest absolute Gasteiger partial charge is 0.152 e. The highest BCUT2D eigenvalue weighted by atomic mass is 19.1. The minimum Gasteiger partial charge on any atom is -0.382 e. The van der Waals surface area contributed by atoms with E-state index in [1.54, 1.807) is 12.1 Å². The highest BCUT2D eigenvalue weighted by molar-refractivity contribution is 5.71. The van der Waals surface area contributed by atoms with Crippen LogP contribution in [-0.2, 0) is 0 Å². The Morgan fingerprint density at radius 3 is 2.48 bits per heavy atom. The van der Waals surface area contributed by atoms with Gasteiger partial charge in [0.2, 0.25) is 0 Å². The molecule has 3 nitrogen and oxygen atoms in total. The van der Waals surface area contributed by atoms with Crippen LogP contribution in [0.25, 0.3) is 11.3 Å². The Kier molecular flexibility index (Phi) is 3.78. The summed E-state index contributed by atoms with van der Waals surface area (Å²) in [6.45, 7) is 1.01. The van der Waals surface area contributed by atoms with E-state index in [1.807, 2.05) is 25.1 Å². The lowest BCUT2D eigenvalue weighted by Gasteiger charge is -2.18. The van der Waals surface area contributed by atoms with Crippen LogP contribution < -0.4 is 10.2 Å². The molecule has 0 spiro atoms. The van der Waals surface area contributed by atoms with Gasteiger partial charge in [-0.15, -0.1) is 0 Å². The molecule has 1 aliphatic rings. The van der Waals surface area contributed by atoms with E-state index >= 15 is 0 Å². The molecule has 0 bridgehead atoms. The summed E-state index contributed by atoms with van der Waals surface area (Å²) in [4.78, 5) is 6.71. The van der Waals surface area contributed by atoms with Crippen LogP contribution in [0.1, 0.15) is 12.8 Å². The molecule has 1 heterocycles. The van der Waals surface area contributed by atoms with Crippen LogP contribution >= 0.6 is 0 Å². The molecule has 4 heteroatoms. The lowest BCUT2D eigenvalue weighted by molar-refractivity contribution is 0.628. The Balaban J connectivity index is 1.88. The first kappa shape index (κ1) is 13.9. The first-order valence-electron chi connectivity index (χ1n) is 7.31. The summed E-state index contributed by atoms with van der Waals surface area (Å²) < 4.78 is 13.0. The van der Waals surface area contributed by atoms with Gasteiger partial charge in [0.1, 0.15) is 5.82 Å². The predicted molar refractivity (Wildman–Crippen MR) is 85.2 cm³/mol. The summed E-state index contributed by atoms with van der Waals surface area (Å²) in [7, 11) is 3.97. The van der Waals surface area contributed by atoms with E-state index < -0.39 is 0 Å². The Morgan fingerprint density at radius 2 is 1.86 bits per heavy atom. The number of rotatable bonds is 5. The minimum absolute atomic E-state index is 0.227. The van der Waals surface area contributed by atoms with Gasteiger partial charge >= 0.3 is 0 Å². The van der Waals surface area contributed by atoms with Gasteiger partial charge in [-0.05, 0) is 55.2 Å². The van der Waals surface area contributed by atoms with Gasteiger partial charge in [0, 0.05) is 26.2 Å². The van der Waals surface area contributed by atoms with E-state index in [9.17, 15) is 4.39 Å². The molecule has 0 aliphatic heterocycles. The molecule has 0 unspecified atom stereocenters. The fourth-order valence-electron chi connectivity index (χ4n) is 2.28. The Morgan fingerprint density at radius 1 is 1.14 bits per heavy atom. The first-order chi connectivity index (χ1) is 10.1. The van der Waals surface area contributed by atoms with Crippen LogP contribution in [0, 0.1) is 11.7 Å². The van der Waals surface area contributed by atoms with Crippen molar-refractivity contribution < 1.29 is 4.39 Å². The maximum Gasteiger partial charge on any atom is 0.152 e. The van der Waals surface area contributed by atoms with Gasteiger partial charge in [0.15, 0.2) is 5.82 Å². The van der Waals surface area contributed by atoms with Crippen LogP contribution in [0.3, 0.4) is 0 Å². The highest BCUT2D eigenvalue weighted by Gasteiger charge is 2.21. The van der Waals surface area contributed by atoms with E-state index in [1.165, 1.54) is 25.0 Å². The summed E-state index contributed by atoms with van der Waals surface area (Å²) >= 11 is 0. The van der Waals surface area contributed by atoms with Gasteiger partial charge in [-0.1, -0.05) is 0 Å². The molecule has 21 heavy (non-hydrogen) atoms. The van der Waals surface area contributed by atoms with Gasteiger partial charge in [0.25, 0.3) is 0 Å². The van der Waals surface area contributed by atoms with Crippen LogP contribution in [0.4, 0.5) is 15.9 Å². The zero-order valence-corrected chi connectivity index (χ0v) is 12.4. The fraction of sp³-hybridized carbons (Fsp3) is 0.353. The quantitative estimate of drug-likeness (QED) is 0.906. The summed E-state index contributed by atoms with van der Waals surface area (Å²) in [6, 6.07) is 10.5. The second-order valence-electron chi connectivity index (χ2n) is 5.79. The van der Waals surface area contributed by atoms with E-state index in [4.69, 9.17) is 4.98 Å². The molecule has 3 rings (SSSR count). The van der Waals surface area contributed by atoms with Crippen molar-refractivity contribution in [1.82, 2.24) is 4.98 Å². The number of halogens is 1. The molecule has 0 atom stereocenters. The zero-order chi connectivity index (χ0) is 14.8. The van der Waals surface area contributed by atoms with Crippen molar-refractivity contribution in [3.8, 4) is 11.3 Å². The van der Waals surface area contributed by atoms with Crippen LogP contribution in [0.5, 0.6) is 0 Å². The monoisotopic (exact) mass is 285 g/mol. The van der Waals surface area contributed by atoms with Gasteiger partial charge in [-0.2, -0.15) is 0 Å². The van der Waals surface area contributed by atoms with Gasteiger partial charge in [-0.3, -0.25) is 0 Å². The normalized spacial score (nSPS) is 14.0. The third-order valence-corrected chi connectivity index (χ3v) is 3.72.